The van der Waals surface area contributed by atoms with Gasteiger partial charge in [0.1, 0.15) is 16.8 Å². The van der Waals surface area contributed by atoms with Crippen molar-refractivity contribution in [1.82, 2.24) is 14.9 Å². The van der Waals surface area contributed by atoms with E-state index in [1.54, 1.807) is 48.9 Å². The lowest BCUT2D eigenvalue weighted by Gasteiger charge is -2.15. The summed E-state index contributed by atoms with van der Waals surface area (Å²) in [4.78, 5) is 30.1. The molecule has 1 amide bonds. The largest absolute Gasteiger partial charge is 0.618 e. The first-order valence-corrected chi connectivity index (χ1v) is 11.4. The zero-order valence-electron chi connectivity index (χ0n) is 20.4. The van der Waals surface area contributed by atoms with Gasteiger partial charge >= 0.3 is 0 Å². The number of carbonyl (C=O) groups excluding carboxylic acids is 1. The first-order chi connectivity index (χ1) is 17.0. The molecule has 0 aliphatic rings. The van der Waals surface area contributed by atoms with Crippen LogP contribution >= 0.6 is 0 Å². The van der Waals surface area contributed by atoms with Gasteiger partial charge in [-0.05, 0) is 64.1 Å². The molecular weight excluding hydrogens is 456 g/mol. The van der Waals surface area contributed by atoms with E-state index in [0.29, 0.717) is 32.6 Å². The van der Waals surface area contributed by atoms with Crippen molar-refractivity contribution >= 4 is 16.9 Å². The summed E-state index contributed by atoms with van der Waals surface area (Å²) < 4.78 is 2.31. The zero-order chi connectivity index (χ0) is 26.0. The fraction of sp³-hybridized carbons (Fsp3) is 0.214. The molecule has 4 aromatic rings. The zero-order valence-corrected chi connectivity index (χ0v) is 20.4. The Morgan fingerprint density at radius 1 is 1.14 bits per heavy atom. The van der Waals surface area contributed by atoms with Crippen LogP contribution in [-0.4, -0.2) is 26.6 Å². The van der Waals surface area contributed by atoms with Gasteiger partial charge in [-0.1, -0.05) is 17.9 Å². The molecule has 0 fully saturated rings. The Labute approximate surface area is 208 Å². The number of carbonyl (C=O) groups is 1. The van der Waals surface area contributed by atoms with E-state index in [9.17, 15) is 19.9 Å². The maximum atomic E-state index is 13.0. The number of nitrogens with one attached hydrogen (secondary N) is 1. The van der Waals surface area contributed by atoms with Crippen LogP contribution in [0, 0.1) is 17.0 Å². The maximum absolute atomic E-state index is 13.0. The highest BCUT2D eigenvalue weighted by molar-refractivity contribution is 5.97. The fourth-order valence-corrected chi connectivity index (χ4v) is 3.77. The molecule has 0 aliphatic carbocycles. The third kappa shape index (κ3) is 5.11. The molecule has 0 bridgehead atoms. The summed E-state index contributed by atoms with van der Waals surface area (Å²) in [5.41, 5.74) is 0.838. The topological polar surface area (TPSA) is 111 Å². The Kier molecular flexibility index (Phi) is 6.60. The van der Waals surface area contributed by atoms with Gasteiger partial charge in [0, 0.05) is 35.8 Å². The first kappa shape index (κ1) is 24.6. The van der Waals surface area contributed by atoms with Crippen LogP contribution < -0.4 is 15.5 Å². The highest BCUT2D eigenvalue weighted by Gasteiger charge is 2.25. The van der Waals surface area contributed by atoms with Crippen LogP contribution in [0.1, 0.15) is 54.9 Å². The summed E-state index contributed by atoms with van der Waals surface area (Å²) in [5, 5.41) is 25.5. The average molecular weight is 483 g/mol. The van der Waals surface area contributed by atoms with Crippen LogP contribution in [0.3, 0.4) is 0 Å². The van der Waals surface area contributed by atoms with Gasteiger partial charge in [0.25, 0.3) is 5.91 Å². The van der Waals surface area contributed by atoms with Gasteiger partial charge in [-0.25, -0.2) is 4.98 Å². The van der Waals surface area contributed by atoms with Gasteiger partial charge in [-0.15, -0.1) is 0 Å². The second kappa shape index (κ2) is 9.64. The molecule has 8 heteroatoms. The number of aliphatic hydroxyl groups is 1. The van der Waals surface area contributed by atoms with Crippen LogP contribution in [-0.2, 0) is 5.60 Å². The summed E-state index contributed by atoms with van der Waals surface area (Å²) in [6, 6.07) is 13.7. The number of pyridine rings is 3. The Hall–Kier alpha value is -4.48. The third-order valence-corrected chi connectivity index (χ3v) is 5.44. The monoisotopic (exact) mass is 482 g/mol. The van der Waals surface area contributed by atoms with E-state index in [-0.39, 0.29) is 22.7 Å². The molecule has 0 atom stereocenters. The lowest BCUT2D eigenvalue weighted by Crippen LogP contribution is -2.39. The third-order valence-electron chi connectivity index (χ3n) is 5.44. The molecule has 0 radical (unpaired) electrons. The predicted molar refractivity (Wildman–Crippen MR) is 137 cm³/mol. The van der Waals surface area contributed by atoms with Crippen LogP contribution in [0.5, 0.6) is 0 Å². The SMILES string of the molecule is CC(C)NC(=O)c1cn(-c2cccc(C#Cc3ccc(C(C)(C)O)[n+]([O-])c3)c2)c2ncccc2c1=O. The first-order valence-electron chi connectivity index (χ1n) is 11.4. The van der Waals surface area contributed by atoms with E-state index in [0.717, 1.165) is 0 Å². The molecule has 2 N–H and O–H groups in total. The quantitative estimate of drug-likeness (QED) is 0.264. The number of amides is 1. The molecule has 182 valence electrons. The van der Waals surface area contributed by atoms with Crippen molar-refractivity contribution in [2.45, 2.75) is 39.3 Å². The summed E-state index contributed by atoms with van der Waals surface area (Å²) in [5.74, 6) is 5.55. The Morgan fingerprint density at radius 2 is 1.89 bits per heavy atom. The van der Waals surface area contributed by atoms with E-state index in [4.69, 9.17) is 0 Å². The second-order valence-corrected chi connectivity index (χ2v) is 9.23. The molecule has 0 unspecified atom stereocenters. The van der Waals surface area contributed by atoms with Crippen molar-refractivity contribution in [3.05, 3.63) is 105 Å². The summed E-state index contributed by atoms with van der Waals surface area (Å²) in [7, 11) is 0. The van der Waals surface area contributed by atoms with E-state index in [2.05, 4.69) is 22.1 Å². The number of hydrogen-bond acceptors (Lipinski definition) is 5. The number of fused-ring (bicyclic) bond motifs is 1. The predicted octanol–water partition coefficient (Wildman–Crippen LogP) is 2.78. The number of benzene rings is 1. The molecular formula is C28H26N4O4. The highest BCUT2D eigenvalue weighted by atomic mass is 16.5. The van der Waals surface area contributed by atoms with Gasteiger partial charge in [0.05, 0.1) is 10.9 Å². The van der Waals surface area contributed by atoms with Crippen molar-refractivity contribution in [2.24, 2.45) is 0 Å². The molecule has 1 aromatic carbocycles. The number of nitrogens with zero attached hydrogens (tertiary/aromatic N) is 3. The maximum Gasteiger partial charge on any atom is 0.256 e. The van der Waals surface area contributed by atoms with Gasteiger partial charge in [-0.2, -0.15) is 4.73 Å². The van der Waals surface area contributed by atoms with Crippen LogP contribution in [0.15, 0.2) is 71.9 Å². The molecule has 36 heavy (non-hydrogen) atoms. The van der Waals surface area contributed by atoms with Gasteiger partial charge in [0.2, 0.25) is 11.1 Å². The lowest BCUT2D eigenvalue weighted by atomic mass is 10.0. The van der Waals surface area contributed by atoms with Crippen molar-refractivity contribution in [1.29, 1.82) is 0 Å². The lowest BCUT2D eigenvalue weighted by molar-refractivity contribution is -0.622. The minimum Gasteiger partial charge on any atom is -0.618 e. The Bertz CT molecular complexity index is 1590. The summed E-state index contributed by atoms with van der Waals surface area (Å²) in [6.45, 7) is 6.74. The average Bonchev–Trinajstić information content (AvgIpc) is 2.82. The molecule has 8 nitrogen and oxygen atoms in total. The van der Waals surface area contributed by atoms with Gasteiger partial charge < -0.3 is 20.2 Å². The minimum atomic E-state index is -1.26. The van der Waals surface area contributed by atoms with Gasteiger partial charge in [-0.3, -0.25) is 9.59 Å². The normalized spacial score (nSPS) is 11.3. The van der Waals surface area contributed by atoms with E-state index in [1.807, 2.05) is 38.1 Å². The number of aromatic nitrogens is 3. The van der Waals surface area contributed by atoms with Crippen LogP contribution in [0.25, 0.3) is 16.7 Å². The minimum absolute atomic E-state index is 0.0209. The van der Waals surface area contributed by atoms with Crippen molar-refractivity contribution in [3.8, 4) is 17.5 Å². The standard InChI is InChI=1S/C28H26N4O4/c1-18(2)30-27(34)23-17-31(26-22(25(23)33)9-6-14-29-26)21-8-5-7-19(15-21)10-11-20-12-13-24(28(3,4)35)32(36)16-20/h5-9,12-18,35H,1-4H3,(H,30,34). The number of rotatable bonds is 4. The van der Waals surface area contributed by atoms with Crippen molar-refractivity contribution in [3.63, 3.8) is 0 Å². The van der Waals surface area contributed by atoms with Crippen molar-refractivity contribution < 1.29 is 14.6 Å². The van der Waals surface area contributed by atoms with Gasteiger partial charge in [0.15, 0.2) is 6.20 Å². The molecule has 4 rings (SSSR count). The molecule has 0 spiro atoms. The molecule has 0 saturated carbocycles. The summed E-state index contributed by atoms with van der Waals surface area (Å²) in [6.07, 6.45) is 4.41. The Morgan fingerprint density at radius 3 is 2.58 bits per heavy atom. The molecule has 3 heterocycles. The fourth-order valence-electron chi connectivity index (χ4n) is 3.77. The molecule has 0 saturated heterocycles. The second-order valence-electron chi connectivity index (χ2n) is 9.23. The van der Waals surface area contributed by atoms with Crippen LogP contribution in [0.2, 0.25) is 0 Å². The van der Waals surface area contributed by atoms with Crippen LogP contribution in [0.4, 0.5) is 0 Å². The van der Waals surface area contributed by atoms with E-state index >= 15 is 0 Å². The van der Waals surface area contributed by atoms with Crippen molar-refractivity contribution in [2.75, 3.05) is 0 Å². The van der Waals surface area contributed by atoms with E-state index in [1.165, 1.54) is 12.4 Å². The smallest absolute Gasteiger partial charge is 0.256 e. The molecule has 3 aromatic heterocycles. The Balaban J connectivity index is 1.77. The highest BCUT2D eigenvalue weighted by Crippen LogP contribution is 2.18. The number of hydrogen-bond donors (Lipinski definition) is 2. The van der Waals surface area contributed by atoms with E-state index < -0.39 is 11.5 Å². The molecule has 0 aliphatic heterocycles. The summed E-state index contributed by atoms with van der Waals surface area (Å²) >= 11 is 0.